The van der Waals surface area contributed by atoms with Gasteiger partial charge >= 0.3 is 0 Å². The largest absolute Gasteiger partial charge is 0.494 e. The van der Waals surface area contributed by atoms with E-state index in [9.17, 15) is 14.7 Å². The maximum atomic E-state index is 12.1. The molecule has 0 saturated carbocycles. The van der Waals surface area contributed by atoms with E-state index in [4.69, 9.17) is 23.8 Å². The molecule has 0 aliphatic heterocycles. The Kier molecular flexibility index (Phi) is 5.43. The third-order valence-electron chi connectivity index (χ3n) is 3.49. The summed E-state index contributed by atoms with van der Waals surface area (Å²) in [7, 11) is 0. The summed E-state index contributed by atoms with van der Waals surface area (Å²) in [4.78, 5) is 30.3. The minimum atomic E-state index is -0.655. The van der Waals surface area contributed by atoms with E-state index in [0.717, 1.165) is 6.21 Å². The molecule has 2 heterocycles. The standard InChI is InChI=1S/C17H12ClN5O3S/c18-11-2-1-3-12(8-11)23-16(26)13(15(25)21-17(23)27)9-20-22-14(24)10-4-6-19-7-5-10/h1-9,26H,(H,22,24)(H,21,25,27)/b20-9+. The monoisotopic (exact) mass is 401 g/mol. The molecule has 0 atom stereocenters. The van der Waals surface area contributed by atoms with Crippen molar-refractivity contribution in [2.75, 3.05) is 0 Å². The van der Waals surface area contributed by atoms with Crippen LogP contribution in [0.5, 0.6) is 5.88 Å². The summed E-state index contributed by atoms with van der Waals surface area (Å²) >= 11 is 11.1. The van der Waals surface area contributed by atoms with Crippen LogP contribution < -0.4 is 11.0 Å². The maximum absolute atomic E-state index is 12.1. The molecule has 0 unspecified atom stereocenters. The summed E-state index contributed by atoms with van der Waals surface area (Å²) in [6.45, 7) is 0. The van der Waals surface area contributed by atoms with Gasteiger partial charge in [-0.15, -0.1) is 0 Å². The van der Waals surface area contributed by atoms with Gasteiger partial charge in [-0.1, -0.05) is 17.7 Å². The molecule has 3 N–H and O–H groups in total. The number of nitrogens with one attached hydrogen (secondary N) is 2. The lowest BCUT2D eigenvalue weighted by Gasteiger charge is -2.11. The fraction of sp³-hybridized carbons (Fsp3) is 0. The van der Waals surface area contributed by atoms with Gasteiger partial charge in [0.25, 0.3) is 11.5 Å². The number of pyridine rings is 1. The van der Waals surface area contributed by atoms with E-state index in [2.05, 4.69) is 20.5 Å². The lowest BCUT2D eigenvalue weighted by Crippen LogP contribution is -2.21. The van der Waals surface area contributed by atoms with Crippen molar-refractivity contribution in [3.8, 4) is 11.6 Å². The third-order valence-corrected chi connectivity index (χ3v) is 4.01. The van der Waals surface area contributed by atoms with Crippen LogP contribution in [-0.4, -0.2) is 31.8 Å². The number of rotatable bonds is 4. The molecule has 0 radical (unpaired) electrons. The van der Waals surface area contributed by atoms with E-state index >= 15 is 0 Å². The molecule has 3 aromatic rings. The SMILES string of the molecule is O=C(N/N=C/c1c(O)n(-c2cccc(Cl)c2)c(=S)[nH]c1=O)c1ccncc1. The zero-order valence-electron chi connectivity index (χ0n) is 13.6. The highest BCUT2D eigenvalue weighted by molar-refractivity contribution is 7.71. The molecule has 136 valence electrons. The van der Waals surface area contributed by atoms with Gasteiger partial charge in [0.2, 0.25) is 5.88 Å². The molecule has 27 heavy (non-hydrogen) atoms. The highest BCUT2D eigenvalue weighted by Crippen LogP contribution is 2.21. The number of hydrazone groups is 1. The highest BCUT2D eigenvalue weighted by atomic mass is 35.5. The number of aromatic hydroxyl groups is 1. The molecule has 1 amide bonds. The lowest BCUT2D eigenvalue weighted by molar-refractivity contribution is 0.0955. The quantitative estimate of drug-likeness (QED) is 0.353. The molecule has 1 aromatic carbocycles. The van der Waals surface area contributed by atoms with Crippen molar-refractivity contribution in [1.29, 1.82) is 0 Å². The summed E-state index contributed by atoms with van der Waals surface area (Å²) in [5, 5.41) is 14.7. The lowest BCUT2D eigenvalue weighted by atomic mass is 10.2. The molecule has 0 spiro atoms. The Hall–Kier alpha value is -3.30. The number of aromatic amines is 1. The van der Waals surface area contributed by atoms with Crippen LogP contribution in [-0.2, 0) is 0 Å². The van der Waals surface area contributed by atoms with E-state index in [1.165, 1.54) is 29.1 Å². The van der Waals surface area contributed by atoms with Crippen molar-refractivity contribution in [1.82, 2.24) is 20.0 Å². The minimum Gasteiger partial charge on any atom is -0.494 e. The van der Waals surface area contributed by atoms with Gasteiger partial charge in [-0.25, -0.2) is 5.43 Å². The Labute approximate surface area is 162 Å². The molecule has 0 saturated heterocycles. The van der Waals surface area contributed by atoms with Gasteiger partial charge < -0.3 is 5.11 Å². The first-order valence-electron chi connectivity index (χ1n) is 7.55. The molecule has 0 bridgehead atoms. The zero-order chi connectivity index (χ0) is 19.4. The van der Waals surface area contributed by atoms with Crippen LogP contribution in [0.4, 0.5) is 0 Å². The number of hydrogen-bond acceptors (Lipinski definition) is 6. The predicted molar refractivity (Wildman–Crippen MR) is 103 cm³/mol. The average molecular weight is 402 g/mol. The van der Waals surface area contributed by atoms with Crippen molar-refractivity contribution in [3.63, 3.8) is 0 Å². The van der Waals surface area contributed by atoms with Gasteiger partial charge in [-0.05, 0) is 42.5 Å². The van der Waals surface area contributed by atoms with E-state index in [-0.39, 0.29) is 10.3 Å². The molecule has 8 nitrogen and oxygen atoms in total. The van der Waals surface area contributed by atoms with Crippen molar-refractivity contribution < 1.29 is 9.90 Å². The van der Waals surface area contributed by atoms with Crippen LogP contribution in [0.1, 0.15) is 15.9 Å². The van der Waals surface area contributed by atoms with Crippen molar-refractivity contribution in [2.24, 2.45) is 5.10 Å². The first-order chi connectivity index (χ1) is 13.0. The second-order valence-corrected chi connectivity index (χ2v) is 6.07. The van der Waals surface area contributed by atoms with Crippen LogP contribution in [0.3, 0.4) is 0 Å². The predicted octanol–water partition coefficient (Wildman–Crippen LogP) is 2.41. The van der Waals surface area contributed by atoms with Gasteiger partial charge in [0.1, 0.15) is 5.56 Å². The van der Waals surface area contributed by atoms with Crippen LogP contribution in [0.15, 0.2) is 58.7 Å². The summed E-state index contributed by atoms with van der Waals surface area (Å²) in [5.74, 6) is -0.930. The topological polar surface area (TPSA) is 112 Å². The fourth-order valence-electron chi connectivity index (χ4n) is 2.23. The normalized spacial score (nSPS) is 10.9. The van der Waals surface area contributed by atoms with Gasteiger partial charge in [0.15, 0.2) is 4.77 Å². The molecular weight excluding hydrogens is 390 g/mol. The molecule has 0 aliphatic carbocycles. The van der Waals surface area contributed by atoms with Crippen LogP contribution in [0, 0.1) is 4.77 Å². The Morgan fingerprint density at radius 3 is 2.78 bits per heavy atom. The molecule has 0 fully saturated rings. The number of carbonyl (C=O) groups excluding carboxylic acids is 1. The van der Waals surface area contributed by atoms with Crippen molar-refractivity contribution in [3.05, 3.63) is 80.1 Å². The summed E-state index contributed by atoms with van der Waals surface area (Å²) in [6, 6.07) is 9.58. The van der Waals surface area contributed by atoms with Gasteiger partial charge in [0.05, 0.1) is 11.9 Å². The number of benzene rings is 1. The van der Waals surface area contributed by atoms with E-state index in [0.29, 0.717) is 16.3 Å². The van der Waals surface area contributed by atoms with Crippen LogP contribution >= 0.6 is 23.8 Å². The van der Waals surface area contributed by atoms with Crippen molar-refractivity contribution >= 4 is 35.9 Å². The smallest absolute Gasteiger partial charge is 0.271 e. The summed E-state index contributed by atoms with van der Waals surface area (Å²) in [5.41, 5.74) is 2.23. The van der Waals surface area contributed by atoms with Gasteiger partial charge in [-0.3, -0.25) is 24.1 Å². The van der Waals surface area contributed by atoms with Crippen LogP contribution in [0.25, 0.3) is 5.69 Å². The second-order valence-electron chi connectivity index (χ2n) is 5.25. The van der Waals surface area contributed by atoms with E-state index < -0.39 is 17.3 Å². The second kappa shape index (κ2) is 7.94. The number of halogens is 1. The highest BCUT2D eigenvalue weighted by Gasteiger charge is 2.13. The number of hydrogen-bond donors (Lipinski definition) is 3. The number of H-pyrrole nitrogens is 1. The summed E-state index contributed by atoms with van der Waals surface area (Å²) in [6.07, 6.45) is 3.96. The number of amides is 1. The molecular formula is C17H12ClN5O3S. The molecule has 0 aliphatic rings. The Bertz CT molecular complexity index is 1140. The molecule has 10 heteroatoms. The Morgan fingerprint density at radius 1 is 1.33 bits per heavy atom. The number of carbonyl (C=O) groups is 1. The van der Waals surface area contributed by atoms with E-state index in [1.807, 2.05) is 0 Å². The Morgan fingerprint density at radius 2 is 2.07 bits per heavy atom. The summed E-state index contributed by atoms with van der Waals surface area (Å²) < 4.78 is 1.21. The first-order valence-corrected chi connectivity index (χ1v) is 8.33. The average Bonchev–Trinajstić information content (AvgIpc) is 2.65. The van der Waals surface area contributed by atoms with Crippen molar-refractivity contribution in [2.45, 2.75) is 0 Å². The maximum Gasteiger partial charge on any atom is 0.271 e. The number of nitrogens with zero attached hydrogens (tertiary/aromatic N) is 3. The molecule has 2 aromatic heterocycles. The van der Waals surface area contributed by atoms with Gasteiger partial charge in [0, 0.05) is 23.0 Å². The van der Waals surface area contributed by atoms with Gasteiger partial charge in [-0.2, -0.15) is 5.10 Å². The van der Waals surface area contributed by atoms with Crippen LogP contribution in [0.2, 0.25) is 5.02 Å². The van der Waals surface area contributed by atoms with E-state index in [1.54, 1.807) is 24.3 Å². The first kappa shape index (κ1) is 18.5. The Balaban J connectivity index is 1.94. The fourth-order valence-corrected chi connectivity index (χ4v) is 2.70. The zero-order valence-corrected chi connectivity index (χ0v) is 15.2. The number of aromatic nitrogens is 3. The minimum absolute atomic E-state index is 0.0160. The third kappa shape index (κ3) is 4.10. The molecule has 3 rings (SSSR count).